The van der Waals surface area contributed by atoms with Gasteiger partial charge in [0.2, 0.25) is 0 Å². The summed E-state index contributed by atoms with van der Waals surface area (Å²) in [5, 5.41) is 77.1. The van der Waals surface area contributed by atoms with Crippen molar-refractivity contribution in [2.24, 2.45) is 0 Å². The van der Waals surface area contributed by atoms with Crippen LogP contribution in [0.1, 0.15) is 0 Å². The molecule has 0 amide bonds. The van der Waals surface area contributed by atoms with Gasteiger partial charge in [-0.1, -0.05) is 0 Å². The zero-order chi connectivity index (χ0) is 21.0. The van der Waals surface area contributed by atoms with Gasteiger partial charge < -0.3 is 59.8 Å². The lowest BCUT2D eigenvalue weighted by atomic mass is 9.97. The maximum Gasteiger partial charge on any atom is 0.198 e. The van der Waals surface area contributed by atoms with Crippen molar-refractivity contribution in [3.63, 3.8) is 0 Å². The van der Waals surface area contributed by atoms with Gasteiger partial charge in [0.05, 0.1) is 19.8 Å². The van der Waals surface area contributed by atoms with Crippen LogP contribution in [0.3, 0.4) is 0 Å². The van der Waals surface area contributed by atoms with E-state index >= 15 is 0 Å². The van der Waals surface area contributed by atoms with Crippen molar-refractivity contribution in [2.45, 2.75) is 67.7 Å². The number of aliphatic hydroxyl groups is 8. The van der Waals surface area contributed by atoms with Gasteiger partial charge in [0.1, 0.15) is 71.8 Å². The molecule has 10 unspecified atom stereocenters. The quantitative estimate of drug-likeness (QED) is 0.110. The summed E-state index contributed by atoms with van der Waals surface area (Å²) < 4.78 is 26.5. The molecule has 0 spiro atoms. The highest BCUT2D eigenvalue weighted by atomic mass is 127. The van der Waals surface area contributed by atoms with Crippen LogP contribution in [-0.2, 0) is 22.0 Å². The Morgan fingerprint density at radius 2 is 1.36 bits per heavy atom. The van der Waals surface area contributed by atoms with Crippen molar-refractivity contribution in [1.29, 1.82) is 0 Å². The van der Waals surface area contributed by atoms with Crippen LogP contribution < -0.4 is 0 Å². The van der Waals surface area contributed by atoms with E-state index in [-0.39, 0.29) is 0 Å². The number of hydrogen-bond acceptors (Lipinski definition) is 13. The largest absolute Gasteiger partial charge is 0.394 e. The highest BCUT2D eigenvalue weighted by Gasteiger charge is 2.51. The zero-order valence-electron chi connectivity index (χ0n) is 14.5. The number of rotatable bonds is 8. The van der Waals surface area contributed by atoms with E-state index in [0.717, 1.165) is 0 Å². The van der Waals surface area contributed by atoms with Gasteiger partial charge >= 0.3 is 0 Å². The lowest BCUT2D eigenvalue weighted by molar-refractivity contribution is -0.356. The first-order chi connectivity index (χ1) is 13.2. The fraction of sp³-hybridized carbons (Fsp3) is 1.00. The highest BCUT2D eigenvalue weighted by molar-refractivity contribution is 14.1. The molecule has 10 atom stereocenters. The van der Waals surface area contributed by atoms with Crippen molar-refractivity contribution in [2.75, 3.05) is 19.8 Å². The molecule has 14 heteroatoms. The average Bonchev–Trinajstić information content (AvgIpc) is 2.68. The van der Waals surface area contributed by atoms with Crippen LogP contribution in [0.15, 0.2) is 0 Å². The van der Waals surface area contributed by atoms with E-state index in [0.29, 0.717) is 0 Å². The summed E-state index contributed by atoms with van der Waals surface area (Å²) in [4.78, 5) is 0. The van der Waals surface area contributed by atoms with E-state index in [1.807, 2.05) is 0 Å². The van der Waals surface area contributed by atoms with Crippen LogP contribution in [-0.4, -0.2) is 128 Å². The summed E-state index contributed by atoms with van der Waals surface area (Å²) in [6.45, 7) is -1.91. The molecule has 8 N–H and O–H groups in total. The molecule has 28 heavy (non-hydrogen) atoms. The van der Waals surface area contributed by atoms with E-state index in [1.165, 1.54) is 23.0 Å². The van der Waals surface area contributed by atoms with Crippen LogP contribution in [0.4, 0.5) is 0 Å². The van der Waals surface area contributed by atoms with Gasteiger partial charge in [-0.2, -0.15) is 0 Å². The minimum Gasteiger partial charge on any atom is -0.394 e. The molecule has 0 aromatic carbocycles. The van der Waals surface area contributed by atoms with Crippen LogP contribution >= 0.6 is 23.0 Å². The average molecular weight is 528 g/mol. The number of halogens is 1. The molecular formula is C14H25IO13. The summed E-state index contributed by atoms with van der Waals surface area (Å²) in [7, 11) is 0. The van der Waals surface area contributed by atoms with Crippen LogP contribution in [0.5, 0.6) is 0 Å². The van der Waals surface area contributed by atoms with E-state index < -0.39 is 87.5 Å². The number of hydrogen-bond donors (Lipinski definition) is 8. The molecule has 13 nitrogen and oxygen atoms in total. The zero-order valence-corrected chi connectivity index (χ0v) is 16.6. The minimum absolute atomic E-state index is 0.602. The molecule has 2 heterocycles. The SMILES string of the molecule is OCC1OC(OC2C(O)C(CO)OC(OI)C2OCC(O)O)C(O)C(O)C1O. The molecule has 0 bridgehead atoms. The molecule has 2 fully saturated rings. The molecule has 0 aromatic heterocycles. The summed E-state index contributed by atoms with van der Waals surface area (Å²) in [6, 6.07) is 0. The Bertz CT molecular complexity index is 469. The Kier molecular flexibility index (Phi) is 9.62. The molecule has 2 aliphatic heterocycles. The lowest BCUT2D eigenvalue weighted by Crippen LogP contribution is -2.65. The second-order valence-electron chi connectivity index (χ2n) is 6.38. The van der Waals surface area contributed by atoms with E-state index in [2.05, 4.69) is 0 Å². The normalized spacial score (nSPS) is 44.8. The molecule has 2 aliphatic rings. The van der Waals surface area contributed by atoms with E-state index in [9.17, 15) is 30.6 Å². The van der Waals surface area contributed by atoms with Gasteiger partial charge in [-0.05, 0) is 0 Å². The third kappa shape index (κ3) is 5.46. The first-order valence-electron chi connectivity index (χ1n) is 8.40. The van der Waals surface area contributed by atoms with Gasteiger partial charge in [-0.25, -0.2) is 0 Å². The fourth-order valence-corrected chi connectivity index (χ4v) is 3.39. The molecule has 166 valence electrons. The smallest absolute Gasteiger partial charge is 0.198 e. The number of ether oxygens (including phenoxy) is 4. The van der Waals surface area contributed by atoms with Crippen LogP contribution in [0.2, 0.25) is 0 Å². The highest BCUT2D eigenvalue weighted by Crippen LogP contribution is 2.31. The summed E-state index contributed by atoms with van der Waals surface area (Å²) in [5.74, 6) is 0. The maximum atomic E-state index is 10.5. The first kappa shape index (κ1) is 24.5. The Balaban J connectivity index is 2.22. The van der Waals surface area contributed by atoms with Crippen molar-refractivity contribution in [3.05, 3.63) is 0 Å². The third-order valence-corrected chi connectivity index (χ3v) is 4.96. The molecule has 0 aliphatic carbocycles. The monoisotopic (exact) mass is 528 g/mol. The van der Waals surface area contributed by atoms with E-state index in [4.69, 9.17) is 32.2 Å². The van der Waals surface area contributed by atoms with Crippen LogP contribution in [0, 0.1) is 0 Å². The second kappa shape index (κ2) is 11.0. The number of aliphatic hydroxyl groups excluding tert-OH is 7. The van der Waals surface area contributed by atoms with Crippen molar-refractivity contribution in [3.8, 4) is 0 Å². The summed E-state index contributed by atoms with van der Waals surface area (Å²) in [6.07, 6.45) is -16.3. The van der Waals surface area contributed by atoms with E-state index in [1.54, 1.807) is 0 Å². The Hall–Kier alpha value is 0.210. The Labute approximate surface area is 173 Å². The second-order valence-corrected chi connectivity index (χ2v) is 6.89. The molecule has 2 rings (SSSR count). The standard InChI is InChI=1S/C14H25IO13/c15-28-14-12(24-3-6(18)19)11(8(21)5(2-17)26-14)27-13-10(23)9(22)7(20)4(1-16)25-13/h4-14,16-23H,1-3H2. The van der Waals surface area contributed by atoms with Gasteiger partial charge in [-0.15, -0.1) is 0 Å². The van der Waals surface area contributed by atoms with Crippen molar-refractivity contribution < 1.29 is 62.9 Å². The first-order valence-corrected chi connectivity index (χ1v) is 9.28. The third-order valence-electron chi connectivity index (χ3n) is 4.46. The molecule has 0 aromatic rings. The maximum absolute atomic E-state index is 10.5. The van der Waals surface area contributed by atoms with Crippen molar-refractivity contribution >= 4 is 23.0 Å². The lowest BCUT2D eigenvalue weighted by Gasteiger charge is -2.46. The van der Waals surface area contributed by atoms with Gasteiger partial charge in [0, 0.05) is 0 Å². The Morgan fingerprint density at radius 1 is 0.786 bits per heavy atom. The Morgan fingerprint density at radius 3 is 1.89 bits per heavy atom. The predicted molar refractivity (Wildman–Crippen MR) is 93.5 cm³/mol. The van der Waals surface area contributed by atoms with Gasteiger partial charge in [-0.3, -0.25) is 3.07 Å². The predicted octanol–water partition coefficient (Wildman–Crippen LogP) is -4.69. The van der Waals surface area contributed by atoms with Gasteiger partial charge in [0.15, 0.2) is 18.9 Å². The molecule has 2 saturated heterocycles. The summed E-state index contributed by atoms with van der Waals surface area (Å²) >= 11 is 1.48. The molecule has 0 radical (unpaired) electrons. The molecular weight excluding hydrogens is 503 g/mol. The van der Waals surface area contributed by atoms with Crippen molar-refractivity contribution in [1.82, 2.24) is 0 Å². The van der Waals surface area contributed by atoms with Crippen LogP contribution in [0.25, 0.3) is 0 Å². The summed E-state index contributed by atoms with van der Waals surface area (Å²) in [5.41, 5.74) is 0. The fourth-order valence-electron chi connectivity index (χ4n) is 2.98. The van der Waals surface area contributed by atoms with Gasteiger partial charge in [0.25, 0.3) is 0 Å². The minimum atomic E-state index is -1.85. The molecule has 0 saturated carbocycles. The topological polar surface area (TPSA) is 208 Å².